The van der Waals surface area contributed by atoms with Gasteiger partial charge in [-0.1, -0.05) is 38.1 Å². The lowest BCUT2D eigenvalue weighted by Gasteiger charge is -2.15. The quantitative estimate of drug-likeness (QED) is 0.808. The number of aromatic nitrogens is 1. The van der Waals surface area contributed by atoms with Gasteiger partial charge in [0.25, 0.3) is 5.91 Å². The highest BCUT2D eigenvalue weighted by Crippen LogP contribution is 2.28. The van der Waals surface area contributed by atoms with Crippen LogP contribution in [-0.2, 0) is 11.3 Å². The third kappa shape index (κ3) is 4.98. The first-order valence-corrected chi connectivity index (χ1v) is 8.11. The van der Waals surface area contributed by atoms with Gasteiger partial charge in [0, 0.05) is 18.8 Å². The zero-order chi connectivity index (χ0) is 17.4. The van der Waals surface area contributed by atoms with E-state index in [-0.39, 0.29) is 12.5 Å². The van der Waals surface area contributed by atoms with Crippen molar-refractivity contribution in [1.82, 2.24) is 10.3 Å². The molecular formula is C19H24N2O3. The molecule has 1 aromatic carbocycles. The summed E-state index contributed by atoms with van der Waals surface area (Å²) in [5.41, 5.74) is 2.04. The lowest BCUT2D eigenvalue weighted by molar-refractivity contribution is -0.123. The first kappa shape index (κ1) is 17.8. The number of pyridine rings is 1. The van der Waals surface area contributed by atoms with Gasteiger partial charge in [-0.2, -0.15) is 0 Å². The number of nitrogens with zero attached hydrogens (tertiary/aromatic N) is 1. The molecular weight excluding hydrogens is 304 g/mol. The van der Waals surface area contributed by atoms with Gasteiger partial charge in [0.1, 0.15) is 5.75 Å². The summed E-state index contributed by atoms with van der Waals surface area (Å²) in [6.45, 7) is 4.69. The Kier molecular flexibility index (Phi) is 6.61. The molecule has 2 rings (SSSR count). The fraction of sp³-hybridized carbons (Fsp3) is 0.368. The van der Waals surface area contributed by atoms with Crippen LogP contribution in [0.1, 0.15) is 37.3 Å². The molecule has 0 aliphatic rings. The van der Waals surface area contributed by atoms with Crippen LogP contribution in [0.3, 0.4) is 0 Å². The van der Waals surface area contributed by atoms with Crippen molar-refractivity contribution in [3.63, 3.8) is 0 Å². The van der Waals surface area contributed by atoms with E-state index < -0.39 is 0 Å². The third-order valence-corrected chi connectivity index (χ3v) is 3.92. The number of carbonyl (C=O) groups is 1. The maximum absolute atomic E-state index is 12.0. The van der Waals surface area contributed by atoms with Crippen molar-refractivity contribution in [3.8, 4) is 11.6 Å². The average Bonchev–Trinajstić information content (AvgIpc) is 2.64. The third-order valence-electron chi connectivity index (χ3n) is 3.92. The predicted molar refractivity (Wildman–Crippen MR) is 93.3 cm³/mol. The smallest absolute Gasteiger partial charge is 0.258 e. The van der Waals surface area contributed by atoms with Crippen LogP contribution < -0.4 is 14.8 Å². The number of para-hydroxylation sites is 1. The maximum atomic E-state index is 12.0. The van der Waals surface area contributed by atoms with E-state index in [0.29, 0.717) is 18.3 Å². The molecule has 0 spiro atoms. The number of hydrogen-bond acceptors (Lipinski definition) is 4. The molecule has 0 radical (unpaired) electrons. The molecule has 1 unspecified atom stereocenters. The lowest BCUT2D eigenvalue weighted by Crippen LogP contribution is -2.28. The molecule has 1 amide bonds. The van der Waals surface area contributed by atoms with Gasteiger partial charge >= 0.3 is 0 Å². The fourth-order valence-electron chi connectivity index (χ4n) is 2.27. The SMILES string of the molecule is CCC(C)c1ccccc1OCC(=O)NCc1ccc(OC)nc1. The van der Waals surface area contributed by atoms with Gasteiger partial charge in [-0.3, -0.25) is 4.79 Å². The molecule has 2 aromatic rings. The lowest BCUT2D eigenvalue weighted by atomic mass is 9.98. The van der Waals surface area contributed by atoms with Gasteiger partial charge in [-0.15, -0.1) is 0 Å². The van der Waals surface area contributed by atoms with Gasteiger partial charge in [0.05, 0.1) is 7.11 Å². The summed E-state index contributed by atoms with van der Waals surface area (Å²) in [4.78, 5) is 16.1. The van der Waals surface area contributed by atoms with E-state index in [9.17, 15) is 4.79 Å². The Hall–Kier alpha value is -2.56. The number of rotatable bonds is 8. The minimum Gasteiger partial charge on any atom is -0.483 e. The average molecular weight is 328 g/mol. The van der Waals surface area contributed by atoms with Crippen LogP contribution in [0.4, 0.5) is 0 Å². The standard InChI is InChI=1S/C19H24N2O3/c1-4-14(2)16-7-5-6-8-17(16)24-13-18(22)20-11-15-9-10-19(23-3)21-12-15/h5-10,12,14H,4,11,13H2,1-3H3,(H,20,22). The largest absolute Gasteiger partial charge is 0.483 e. The Morgan fingerprint density at radius 1 is 1.25 bits per heavy atom. The van der Waals surface area contributed by atoms with Crippen molar-refractivity contribution in [3.05, 3.63) is 53.7 Å². The van der Waals surface area contributed by atoms with Crippen LogP contribution in [0.5, 0.6) is 11.6 Å². The number of hydrogen-bond donors (Lipinski definition) is 1. The minimum absolute atomic E-state index is 0.00295. The van der Waals surface area contributed by atoms with Crippen molar-refractivity contribution >= 4 is 5.91 Å². The van der Waals surface area contributed by atoms with E-state index in [0.717, 1.165) is 23.3 Å². The van der Waals surface area contributed by atoms with Gasteiger partial charge in [-0.05, 0) is 29.5 Å². The normalized spacial score (nSPS) is 11.6. The van der Waals surface area contributed by atoms with Crippen molar-refractivity contribution < 1.29 is 14.3 Å². The van der Waals surface area contributed by atoms with Crippen molar-refractivity contribution in [2.45, 2.75) is 32.7 Å². The number of ether oxygens (including phenoxy) is 2. The molecule has 0 fully saturated rings. The maximum Gasteiger partial charge on any atom is 0.258 e. The van der Waals surface area contributed by atoms with Crippen LogP contribution in [0.15, 0.2) is 42.6 Å². The fourth-order valence-corrected chi connectivity index (χ4v) is 2.27. The molecule has 128 valence electrons. The Morgan fingerprint density at radius 3 is 2.71 bits per heavy atom. The summed E-state index contributed by atoms with van der Waals surface area (Å²) in [7, 11) is 1.57. The summed E-state index contributed by atoms with van der Waals surface area (Å²) in [5, 5.41) is 2.82. The molecule has 0 aliphatic heterocycles. The van der Waals surface area contributed by atoms with Gasteiger partial charge < -0.3 is 14.8 Å². The van der Waals surface area contributed by atoms with E-state index in [2.05, 4.69) is 24.1 Å². The molecule has 0 saturated carbocycles. The van der Waals surface area contributed by atoms with Crippen molar-refractivity contribution in [2.24, 2.45) is 0 Å². The first-order valence-electron chi connectivity index (χ1n) is 8.11. The zero-order valence-corrected chi connectivity index (χ0v) is 14.4. The second-order valence-corrected chi connectivity index (χ2v) is 5.62. The Bertz CT molecular complexity index is 656. The molecule has 0 saturated heterocycles. The highest BCUT2D eigenvalue weighted by atomic mass is 16.5. The van der Waals surface area contributed by atoms with E-state index in [1.165, 1.54) is 0 Å². The molecule has 24 heavy (non-hydrogen) atoms. The van der Waals surface area contributed by atoms with E-state index in [4.69, 9.17) is 9.47 Å². The highest BCUT2D eigenvalue weighted by Gasteiger charge is 2.11. The minimum atomic E-state index is -0.162. The summed E-state index contributed by atoms with van der Waals surface area (Å²) in [6.07, 6.45) is 2.70. The van der Waals surface area contributed by atoms with Crippen LogP contribution in [0.25, 0.3) is 0 Å². The second-order valence-electron chi connectivity index (χ2n) is 5.62. The number of nitrogens with one attached hydrogen (secondary N) is 1. The second kappa shape index (κ2) is 8.91. The van der Waals surface area contributed by atoms with E-state index in [1.54, 1.807) is 19.4 Å². The van der Waals surface area contributed by atoms with Crippen LogP contribution in [0, 0.1) is 0 Å². The molecule has 1 aromatic heterocycles. The summed E-state index contributed by atoms with van der Waals surface area (Å²) in [5.74, 6) is 1.56. The first-order chi connectivity index (χ1) is 11.6. The summed E-state index contributed by atoms with van der Waals surface area (Å²) in [6, 6.07) is 11.5. The molecule has 0 aliphatic carbocycles. The molecule has 1 atom stereocenters. The summed E-state index contributed by atoms with van der Waals surface area (Å²) >= 11 is 0. The number of benzene rings is 1. The van der Waals surface area contributed by atoms with Gasteiger partial charge in [-0.25, -0.2) is 4.98 Å². The molecule has 1 heterocycles. The van der Waals surface area contributed by atoms with Crippen LogP contribution >= 0.6 is 0 Å². The van der Waals surface area contributed by atoms with Gasteiger partial charge in [0.15, 0.2) is 6.61 Å². The molecule has 5 nitrogen and oxygen atoms in total. The van der Waals surface area contributed by atoms with Crippen LogP contribution in [-0.4, -0.2) is 24.6 Å². The van der Waals surface area contributed by atoms with Crippen molar-refractivity contribution in [1.29, 1.82) is 0 Å². The summed E-state index contributed by atoms with van der Waals surface area (Å²) < 4.78 is 10.7. The van der Waals surface area contributed by atoms with Crippen LogP contribution in [0.2, 0.25) is 0 Å². The van der Waals surface area contributed by atoms with E-state index in [1.807, 2.05) is 30.3 Å². The topological polar surface area (TPSA) is 60.5 Å². The highest BCUT2D eigenvalue weighted by molar-refractivity contribution is 5.77. The Balaban J connectivity index is 1.85. The van der Waals surface area contributed by atoms with E-state index >= 15 is 0 Å². The number of carbonyl (C=O) groups excluding carboxylic acids is 1. The zero-order valence-electron chi connectivity index (χ0n) is 14.4. The monoisotopic (exact) mass is 328 g/mol. The Morgan fingerprint density at radius 2 is 2.04 bits per heavy atom. The predicted octanol–water partition coefficient (Wildman–Crippen LogP) is 3.30. The number of methoxy groups -OCH3 is 1. The molecule has 0 bridgehead atoms. The number of amides is 1. The molecule has 5 heteroatoms. The van der Waals surface area contributed by atoms with Gasteiger partial charge in [0.2, 0.25) is 5.88 Å². The Labute approximate surface area is 143 Å². The molecule has 1 N–H and O–H groups in total. The van der Waals surface area contributed by atoms with Crippen molar-refractivity contribution in [2.75, 3.05) is 13.7 Å².